The first-order chi connectivity index (χ1) is 12.9. The van der Waals surface area contributed by atoms with E-state index >= 15 is 0 Å². The van der Waals surface area contributed by atoms with E-state index in [-0.39, 0.29) is 9.77 Å². The number of carbonyl (C=O) groups excluding carboxylic acids is 1. The van der Waals surface area contributed by atoms with Crippen molar-refractivity contribution in [2.45, 2.75) is 18.2 Å². The van der Waals surface area contributed by atoms with Crippen LogP contribution in [0.5, 0.6) is 0 Å². The first kappa shape index (κ1) is 19.1. The summed E-state index contributed by atoms with van der Waals surface area (Å²) in [6.45, 7) is 2.04. The second kappa shape index (κ2) is 7.94. The molecule has 0 atom stereocenters. The highest BCUT2D eigenvalue weighted by Crippen LogP contribution is 2.28. The average molecular weight is 401 g/mol. The summed E-state index contributed by atoms with van der Waals surface area (Å²) < 4.78 is 27.4. The van der Waals surface area contributed by atoms with Crippen LogP contribution in [0.4, 0.5) is 11.4 Å². The van der Waals surface area contributed by atoms with E-state index < -0.39 is 15.9 Å². The number of nitrogens with one attached hydrogen (secondary N) is 1. The van der Waals surface area contributed by atoms with Crippen molar-refractivity contribution in [1.29, 1.82) is 0 Å². The minimum absolute atomic E-state index is 0.00278. The van der Waals surface area contributed by atoms with Crippen molar-refractivity contribution in [2.24, 2.45) is 0 Å². The fraction of sp³-hybridized carbons (Fsp3) is 0.150. The summed E-state index contributed by atoms with van der Waals surface area (Å²) in [6.07, 6.45) is 0.880. The summed E-state index contributed by atoms with van der Waals surface area (Å²) in [5.41, 5.74) is 2.29. The fourth-order valence-corrected chi connectivity index (χ4v) is 5.09. The molecular formula is C20H20N2O3S2. The summed E-state index contributed by atoms with van der Waals surface area (Å²) in [5, 5.41) is 4.35. The first-order valence-corrected chi connectivity index (χ1v) is 10.8. The van der Waals surface area contributed by atoms with Crippen molar-refractivity contribution in [1.82, 2.24) is 0 Å². The van der Waals surface area contributed by atoms with Crippen LogP contribution >= 0.6 is 11.3 Å². The first-order valence-electron chi connectivity index (χ1n) is 8.45. The van der Waals surface area contributed by atoms with E-state index in [1.807, 2.05) is 25.1 Å². The van der Waals surface area contributed by atoms with E-state index in [9.17, 15) is 13.2 Å². The van der Waals surface area contributed by atoms with E-state index in [1.165, 1.54) is 17.4 Å². The number of hydrogen-bond acceptors (Lipinski definition) is 4. The third-order valence-corrected chi connectivity index (χ3v) is 7.08. The number of benzene rings is 2. The Hall–Kier alpha value is -2.64. The highest BCUT2D eigenvalue weighted by atomic mass is 32.2. The number of nitrogens with zero attached hydrogens (tertiary/aromatic N) is 1. The molecule has 0 unspecified atom stereocenters. The van der Waals surface area contributed by atoms with Crippen LogP contribution in [0.15, 0.2) is 70.9 Å². The molecule has 27 heavy (non-hydrogen) atoms. The lowest BCUT2D eigenvalue weighted by atomic mass is 10.1. The van der Waals surface area contributed by atoms with E-state index in [0.29, 0.717) is 11.4 Å². The largest absolute Gasteiger partial charge is 0.321 e. The van der Waals surface area contributed by atoms with Crippen LogP contribution in [-0.2, 0) is 16.4 Å². The molecule has 7 heteroatoms. The van der Waals surface area contributed by atoms with Gasteiger partial charge in [0.25, 0.3) is 15.9 Å². The van der Waals surface area contributed by atoms with Gasteiger partial charge >= 0.3 is 0 Å². The number of amides is 1. The predicted molar refractivity (Wildman–Crippen MR) is 110 cm³/mol. The zero-order valence-electron chi connectivity index (χ0n) is 15.0. The molecule has 1 aromatic heterocycles. The van der Waals surface area contributed by atoms with Gasteiger partial charge in [-0.25, -0.2) is 8.42 Å². The van der Waals surface area contributed by atoms with Gasteiger partial charge in [0.05, 0.1) is 5.69 Å². The van der Waals surface area contributed by atoms with E-state index in [0.717, 1.165) is 23.3 Å². The molecule has 0 spiro atoms. The van der Waals surface area contributed by atoms with Gasteiger partial charge in [-0.1, -0.05) is 37.3 Å². The SMILES string of the molecule is CCc1ccc(N(C)S(=O)(=O)c2ccsc2C(=O)Nc2ccccc2)cc1. The van der Waals surface area contributed by atoms with Crippen molar-refractivity contribution >= 4 is 38.6 Å². The zero-order chi connectivity index (χ0) is 19.4. The second-order valence-electron chi connectivity index (χ2n) is 5.93. The standard InChI is InChI=1S/C20H20N2O3S2/c1-3-15-9-11-17(12-10-15)22(2)27(24,25)18-13-14-26-19(18)20(23)21-16-7-5-4-6-8-16/h4-14H,3H2,1-2H3,(H,21,23). The number of sulfonamides is 1. The Balaban J connectivity index is 1.89. The third kappa shape index (κ3) is 4.04. The number of anilines is 2. The normalized spacial score (nSPS) is 11.2. The molecule has 1 heterocycles. The van der Waals surface area contributed by atoms with Gasteiger partial charge in [0, 0.05) is 12.7 Å². The molecule has 3 rings (SSSR count). The molecule has 0 saturated heterocycles. The maximum atomic E-state index is 13.1. The molecule has 0 aliphatic heterocycles. The van der Waals surface area contributed by atoms with E-state index in [4.69, 9.17) is 0 Å². The van der Waals surface area contributed by atoms with E-state index in [1.54, 1.807) is 41.8 Å². The molecule has 0 aliphatic rings. The quantitative estimate of drug-likeness (QED) is 0.667. The Kier molecular flexibility index (Phi) is 5.62. The topological polar surface area (TPSA) is 66.5 Å². The molecule has 0 aliphatic carbocycles. The number of aryl methyl sites for hydroxylation is 1. The smallest absolute Gasteiger partial charge is 0.267 e. The molecule has 2 aromatic carbocycles. The van der Waals surface area contributed by atoms with Crippen LogP contribution in [0.3, 0.4) is 0 Å². The third-order valence-electron chi connectivity index (χ3n) is 4.21. The minimum atomic E-state index is -3.85. The Labute approximate surface area is 163 Å². The van der Waals surface area contributed by atoms with Gasteiger partial charge in [-0.3, -0.25) is 9.10 Å². The van der Waals surface area contributed by atoms with Gasteiger partial charge in [-0.2, -0.15) is 0 Å². The molecule has 5 nitrogen and oxygen atoms in total. The zero-order valence-corrected chi connectivity index (χ0v) is 16.7. The lowest BCUT2D eigenvalue weighted by Crippen LogP contribution is -2.28. The molecule has 0 saturated carbocycles. The summed E-state index contributed by atoms with van der Waals surface area (Å²) in [6, 6.07) is 17.8. The van der Waals surface area contributed by atoms with E-state index in [2.05, 4.69) is 5.32 Å². The highest BCUT2D eigenvalue weighted by molar-refractivity contribution is 7.93. The Morgan fingerprint density at radius 3 is 2.33 bits per heavy atom. The molecule has 0 bridgehead atoms. The van der Waals surface area contributed by atoms with Crippen molar-refractivity contribution < 1.29 is 13.2 Å². The van der Waals surface area contributed by atoms with Crippen molar-refractivity contribution in [3.63, 3.8) is 0 Å². The van der Waals surface area contributed by atoms with Crippen LogP contribution < -0.4 is 9.62 Å². The van der Waals surface area contributed by atoms with Crippen LogP contribution in [0.1, 0.15) is 22.2 Å². The molecule has 0 fully saturated rings. The van der Waals surface area contributed by atoms with Crippen molar-refractivity contribution in [3.8, 4) is 0 Å². The molecule has 1 amide bonds. The van der Waals surface area contributed by atoms with Crippen LogP contribution in [0.2, 0.25) is 0 Å². The summed E-state index contributed by atoms with van der Waals surface area (Å²) >= 11 is 1.10. The van der Waals surface area contributed by atoms with Gasteiger partial charge in [-0.05, 0) is 47.7 Å². The number of thiophene rings is 1. The van der Waals surface area contributed by atoms with Gasteiger partial charge in [0.2, 0.25) is 0 Å². The average Bonchev–Trinajstić information content (AvgIpc) is 3.19. The predicted octanol–water partition coefficient (Wildman–Crippen LogP) is 4.39. The molecule has 3 aromatic rings. The number of hydrogen-bond donors (Lipinski definition) is 1. The number of para-hydroxylation sites is 1. The molecule has 1 N–H and O–H groups in total. The van der Waals surface area contributed by atoms with Crippen molar-refractivity contribution in [2.75, 3.05) is 16.7 Å². The maximum absolute atomic E-state index is 13.1. The minimum Gasteiger partial charge on any atom is -0.321 e. The van der Waals surface area contributed by atoms with Crippen LogP contribution in [0.25, 0.3) is 0 Å². The lowest BCUT2D eigenvalue weighted by molar-refractivity contribution is 0.102. The fourth-order valence-electron chi connectivity index (χ4n) is 2.60. The maximum Gasteiger partial charge on any atom is 0.267 e. The molecule has 0 radical (unpaired) electrons. The van der Waals surface area contributed by atoms with Gasteiger partial charge in [0.1, 0.15) is 9.77 Å². The molecule has 140 valence electrons. The summed E-state index contributed by atoms with van der Waals surface area (Å²) in [5.74, 6) is -0.440. The summed E-state index contributed by atoms with van der Waals surface area (Å²) in [4.78, 5) is 12.8. The Morgan fingerprint density at radius 2 is 1.70 bits per heavy atom. The Morgan fingerprint density at radius 1 is 1.04 bits per heavy atom. The van der Waals surface area contributed by atoms with Crippen molar-refractivity contribution in [3.05, 3.63) is 76.5 Å². The monoisotopic (exact) mass is 400 g/mol. The van der Waals surface area contributed by atoms with Gasteiger partial charge in [0.15, 0.2) is 0 Å². The van der Waals surface area contributed by atoms with Crippen LogP contribution in [-0.4, -0.2) is 21.4 Å². The van der Waals surface area contributed by atoms with Gasteiger partial charge < -0.3 is 5.32 Å². The lowest BCUT2D eigenvalue weighted by Gasteiger charge is -2.20. The number of carbonyl (C=O) groups is 1. The molecular weight excluding hydrogens is 380 g/mol. The second-order valence-corrected chi connectivity index (χ2v) is 8.78. The number of rotatable bonds is 6. The summed E-state index contributed by atoms with van der Waals surface area (Å²) in [7, 11) is -2.36. The van der Waals surface area contributed by atoms with Crippen LogP contribution in [0, 0.1) is 0 Å². The highest BCUT2D eigenvalue weighted by Gasteiger charge is 2.28. The van der Waals surface area contributed by atoms with Gasteiger partial charge in [-0.15, -0.1) is 11.3 Å². The Bertz CT molecular complexity index is 1030.